The molecule has 0 heterocycles. The number of nitrogen functional groups attached to an aromatic ring is 1. The minimum Gasteiger partial charge on any atom is -0.481 e. The first-order chi connectivity index (χ1) is 6.09. The van der Waals surface area contributed by atoms with E-state index in [1.165, 1.54) is 0 Å². The van der Waals surface area contributed by atoms with Gasteiger partial charge in [0, 0.05) is 16.6 Å². The summed E-state index contributed by atoms with van der Waals surface area (Å²) in [7, 11) is 0. The third-order valence-electron chi connectivity index (χ3n) is 1.72. The van der Waals surface area contributed by atoms with Gasteiger partial charge in [-0.2, -0.15) is 0 Å². The van der Waals surface area contributed by atoms with Gasteiger partial charge in [0.15, 0.2) is 0 Å². The van der Waals surface area contributed by atoms with Crippen molar-refractivity contribution in [2.24, 2.45) is 0 Å². The summed E-state index contributed by atoms with van der Waals surface area (Å²) in [4.78, 5) is 10.3. The highest BCUT2D eigenvalue weighted by molar-refractivity contribution is 9.10. The van der Waals surface area contributed by atoms with Gasteiger partial charge in [-0.25, -0.2) is 0 Å². The molecule has 0 saturated heterocycles. The van der Waals surface area contributed by atoms with E-state index in [4.69, 9.17) is 10.8 Å². The second-order valence-corrected chi connectivity index (χ2v) is 3.65. The second kappa shape index (κ2) is 4.28. The van der Waals surface area contributed by atoms with Crippen molar-refractivity contribution >= 4 is 27.6 Å². The Morgan fingerprint density at radius 3 is 2.77 bits per heavy atom. The highest BCUT2D eigenvalue weighted by Gasteiger charge is 2.02. The Hall–Kier alpha value is -1.03. The number of aryl methyl sites for hydroxylation is 1. The number of nitrogens with two attached hydrogens (primary N) is 1. The number of benzene rings is 1. The fourth-order valence-corrected chi connectivity index (χ4v) is 1.41. The molecule has 0 atom stereocenters. The van der Waals surface area contributed by atoms with Crippen molar-refractivity contribution in [1.29, 1.82) is 0 Å². The van der Waals surface area contributed by atoms with Gasteiger partial charge in [0.05, 0.1) is 0 Å². The molecule has 0 fully saturated rings. The number of hydrogen-bond acceptors (Lipinski definition) is 2. The molecule has 0 spiro atoms. The standard InChI is InChI=1S/C9H10BrNO2/c10-7-3-1-6(8(11)5-7)2-4-9(12)13/h1,3,5H,2,4,11H2,(H,12,13). The predicted octanol–water partition coefficient (Wildman–Crippen LogP) is 2.05. The van der Waals surface area contributed by atoms with Crippen molar-refractivity contribution in [1.82, 2.24) is 0 Å². The number of anilines is 1. The van der Waals surface area contributed by atoms with E-state index in [9.17, 15) is 4.79 Å². The van der Waals surface area contributed by atoms with Crippen molar-refractivity contribution < 1.29 is 9.90 Å². The first-order valence-corrected chi connectivity index (χ1v) is 4.64. The normalized spacial score (nSPS) is 9.92. The highest BCUT2D eigenvalue weighted by atomic mass is 79.9. The minimum absolute atomic E-state index is 0.117. The Labute approximate surface area is 84.7 Å². The van der Waals surface area contributed by atoms with Crippen LogP contribution < -0.4 is 5.73 Å². The predicted molar refractivity (Wildman–Crippen MR) is 54.5 cm³/mol. The summed E-state index contributed by atoms with van der Waals surface area (Å²) in [6.07, 6.45) is 0.597. The van der Waals surface area contributed by atoms with E-state index in [0.29, 0.717) is 12.1 Å². The van der Waals surface area contributed by atoms with Gasteiger partial charge in [0.1, 0.15) is 0 Å². The topological polar surface area (TPSA) is 63.3 Å². The number of aliphatic carboxylic acids is 1. The van der Waals surface area contributed by atoms with Crippen molar-refractivity contribution in [3.8, 4) is 0 Å². The van der Waals surface area contributed by atoms with Crippen LogP contribution in [0.15, 0.2) is 22.7 Å². The van der Waals surface area contributed by atoms with Gasteiger partial charge in [-0.05, 0) is 24.1 Å². The number of rotatable bonds is 3. The molecule has 70 valence electrons. The molecule has 4 heteroatoms. The quantitative estimate of drug-likeness (QED) is 0.800. The summed E-state index contributed by atoms with van der Waals surface area (Å²) in [5.74, 6) is -0.803. The highest BCUT2D eigenvalue weighted by Crippen LogP contribution is 2.19. The summed E-state index contributed by atoms with van der Waals surface area (Å²) in [5, 5.41) is 8.47. The molecule has 0 aromatic heterocycles. The van der Waals surface area contributed by atoms with Gasteiger partial charge >= 0.3 is 5.97 Å². The summed E-state index contributed by atoms with van der Waals surface area (Å²) in [6, 6.07) is 5.47. The van der Waals surface area contributed by atoms with Crippen LogP contribution in [-0.4, -0.2) is 11.1 Å². The van der Waals surface area contributed by atoms with E-state index in [2.05, 4.69) is 15.9 Å². The van der Waals surface area contributed by atoms with Crippen LogP contribution in [0.25, 0.3) is 0 Å². The molecule has 0 unspecified atom stereocenters. The first-order valence-electron chi connectivity index (χ1n) is 3.85. The maximum atomic E-state index is 10.3. The van der Waals surface area contributed by atoms with Crippen LogP contribution in [0.4, 0.5) is 5.69 Å². The first kappa shape index (κ1) is 10.1. The molecule has 0 aliphatic heterocycles. The number of carboxylic acids is 1. The molecule has 13 heavy (non-hydrogen) atoms. The van der Waals surface area contributed by atoms with Gasteiger partial charge in [0.25, 0.3) is 0 Å². The number of carbonyl (C=O) groups is 1. The van der Waals surface area contributed by atoms with E-state index >= 15 is 0 Å². The molecule has 0 radical (unpaired) electrons. The van der Waals surface area contributed by atoms with Crippen molar-refractivity contribution in [3.63, 3.8) is 0 Å². The van der Waals surface area contributed by atoms with Crippen LogP contribution in [0, 0.1) is 0 Å². The monoisotopic (exact) mass is 243 g/mol. The fraction of sp³-hybridized carbons (Fsp3) is 0.222. The van der Waals surface area contributed by atoms with Crippen molar-refractivity contribution in [2.45, 2.75) is 12.8 Å². The van der Waals surface area contributed by atoms with Gasteiger partial charge in [0.2, 0.25) is 0 Å². The molecule has 3 N–H and O–H groups in total. The van der Waals surface area contributed by atoms with Gasteiger partial charge in [-0.15, -0.1) is 0 Å². The Morgan fingerprint density at radius 1 is 1.54 bits per heavy atom. The SMILES string of the molecule is Nc1cc(Br)ccc1CCC(=O)O. The van der Waals surface area contributed by atoms with Crippen LogP contribution in [0.2, 0.25) is 0 Å². The van der Waals surface area contributed by atoms with Gasteiger partial charge in [-0.3, -0.25) is 4.79 Å². The Kier molecular flexibility index (Phi) is 3.31. The third-order valence-corrected chi connectivity index (χ3v) is 2.21. The molecule has 0 aliphatic carbocycles. The molecule has 0 saturated carbocycles. The lowest BCUT2D eigenvalue weighted by atomic mass is 10.1. The molecule has 0 aliphatic rings. The lowest BCUT2D eigenvalue weighted by Gasteiger charge is -2.03. The van der Waals surface area contributed by atoms with Crippen LogP contribution in [0.3, 0.4) is 0 Å². The number of carboxylic acid groups (broad SMARTS) is 1. The largest absolute Gasteiger partial charge is 0.481 e. The maximum absolute atomic E-state index is 10.3. The lowest BCUT2D eigenvalue weighted by Crippen LogP contribution is -2.00. The average molecular weight is 244 g/mol. The van der Waals surface area contributed by atoms with E-state index in [1.54, 1.807) is 6.07 Å². The fourth-order valence-electron chi connectivity index (χ4n) is 1.04. The maximum Gasteiger partial charge on any atom is 0.303 e. The minimum atomic E-state index is -0.803. The molecule has 3 nitrogen and oxygen atoms in total. The molecule has 0 bridgehead atoms. The van der Waals surface area contributed by atoms with E-state index in [1.807, 2.05) is 12.1 Å². The molecular formula is C9H10BrNO2. The molecule has 1 aromatic rings. The van der Waals surface area contributed by atoms with Gasteiger partial charge < -0.3 is 10.8 Å². The summed E-state index contributed by atoms with van der Waals surface area (Å²) < 4.78 is 0.907. The number of halogens is 1. The molecule has 0 amide bonds. The van der Waals surface area contributed by atoms with E-state index in [-0.39, 0.29) is 6.42 Å². The average Bonchev–Trinajstić information content (AvgIpc) is 2.02. The van der Waals surface area contributed by atoms with Crippen LogP contribution in [0.1, 0.15) is 12.0 Å². The third kappa shape index (κ3) is 3.06. The summed E-state index contributed by atoms with van der Waals surface area (Å²) >= 11 is 3.28. The smallest absolute Gasteiger partial charge is 0.303 e. The molecular weight excluding hydrogens is 234 g/mol. The molecule has 1 aromatic carbocycles. The van der Waals surface area contributed by atoms with Crippen LogP contribution in [0.5, 0.6) is 0 Å². The van der Waals surface area contributed by atoms with E-state index in [0.717, 1.165) is 10.0 Å². The zero-order valence-electron chi connectivity index (χ0n) is 6.96. The number of hydrogen-bond donors (Lipinski definition) is 2. The Morgan fingerprint density at radius 2 is 2.23 bits per heavy atom. The lowest BCUT2D eigenvalue weighted by molar-refractivity contribution is -0.136. The molecule has 1 rings (SSSR count). The van der Waals surface area contributed by atoms with Crippen LogP contribution >= 0.6 is 15.9 Å². The van der Waals surface area contributed by atoms with Crippen molar-refractivity contribution in [2.75, 3.05) is 5.73 Å². The second-order valence-electron chi connectivity index (χ2n) is 2.74. The van der Waals surface area contributed by atoms with Crippen molar-refractivity contribution in [3.05, 3.63) is 28.2 Å². The zero-order chi connectivity index (χ0) is 9.84. The van der Waals surface area contributed by atoms with Crippen LogP contribution in [-0.2, 0) is 11.2 Å². The summed E-state index contributed by atoms with van der Waals surface area (Å²) in [5.41, 5.74) is 7.20. The zero-order valence-corrected chi connectivity index (χ0v) is 8.54. The summed E-state index contributed by atoms with van der Waals surface area (Å²) in [6.45, 7) is 0. The Balaban J connectivity index is 2.72. The van der Waals surface area contributed by atoms with Gasteiger partial charge in [-0.1, -0.05) is 22.0 Å². The Bertz CT molecular complexity index is 325. The van der Waals surface area contributed by atoms with E-state index < -0.39 is 5.97 Å².